The maximum atomic E-state index is 2.45. The monoisotopic (exact) mass is 299 g/mol. The van der Waals surface area contributed by atoms with Crippen molar-refractivity contribution in [1.29, 1.82) is 0 Å². The van der Waals surface area contributed by atoms with E-state index in [-0.39, 0.29) is 0 Å². The van der Waals surface area contributed by atoms with E-state index >= 15 is 0 Å². The van der Waals surface area contributed by atoms with Gasteiger partial charge in [0.25, 0.3) is 0 Å². The van der Waals surface area contributed by atoms with E-state index in [4.69, 9.17) is 0 Å². The first kappa shape index (κ1) is 14.1. The molecule has 23 heavy (non-hydrogen) atoms. The Balaban J connectivity index is 2.11. The lowest BCUT2D eigenvalue weighted by atomic mass is 9.94. The fourth-order valence-corrected chi connectivity index (χ4v) is 3.61. The first-order valence-electron chi connectivity index (χ1n) is 8.42. The number of hydrogen-bond acceptors (Lipinski definition) is 1. The number of aryl methyl sites for hydroxylation is 1. The maximum Gasteiger partial charge on any atom is 0.0493 e. The van der Waals surface area contributed by atoms with Gasteiger partial charge in [-0.3, -0.25) is 0 Å². The van der Waals surface area contributed by atoms with Crippen molar-refractivity contribution in [2.75, 3.05) is 11.4 Å². The molecule has 0 bridgehead atoms. The van der Waals surface area contributed by atoms with Gasteiger partial charge < -0.3 is 4.90 Å². The second kappa shape index (κ2) is 5.58. The second-order valence-electron chi connectivity index (χ2n) is 6.01. The van der Waals surface area contributed by atoms with Crippen molar-refractivity contribution in [1.82, 2.24) is 0 Å². The molecule has 0 N–H and O–H groups in total. The summed E-state index contributed by atoms with van der Waals surface area (Å²) in [7, 11) is 0. The Kier molecular flexibility index (Phi) is 3.42. The van der Waals surface area contributed by atoms with E-state index in [2.05, 4.69) is 85.5 Å². The predicted octanol–water partition coefficient (Wildman–Crippen LogP) is 6.05. The van der Waals surface area contributed by atoms with E-state index < -0.39 is 0 Å². The van der Waals surface area contributed by atoms with Crippen LogP contribution in [0.3, 0.4) is 0 Å². The van der Waals surface area contributed by atoms with Crippen LogP contribution in [0, 0.1) is 0 Å². The van der Waals surface area contributed by atoms with Crippen molar-refractivity contribution in [3.63, 3.8) is 0 Å². The quantitative estimate of drug-likeness (QED) is 0.556. The predicted molar refractivity (Wildman–Crippen MR) is 99.4 cm³/mol. The van der Waals surface area contributed by atoms with Gasteiger partial charge in [-0.05, 0) is 42.2 Å². The molecule has 1 heterocycles. The van der Waals surface area contributed by atoms with Crippen molar-refractivity contribution < 1.29 is 0 Å². The highest BCUT2D eigenvalue weighted by Crippen LogP contribution is 2.47. The molecule has 0 atom stereocenters. The number of hydrogen-bond donors (Lipinski definition) is 0. The number of anilines is 2. The molecule has 0 spiro atoms. The van der Waals surface area contributed by atoms with Gasteiger partial charge in [-0.25, -0.2) is 0 Å². The van der Waals surface area contributed by atoms with Gasteiger partial charge >= 0.3 is 0 Å². The van der Waals surface area contributed by atoms with Gasteiger partial charge in [-0.1, -0.05) is 61.5 Å². The molecule has 3 aromatic carbocycles. The highest BCUT2D eigenvalue weighted by molar-refractivity contribution is 5.99. The van der Waals surface area contributed by atoms with Gasteiger partial charge in [0.2, 0.25) is 0 Å². The summed E-state index contributed by atoms with van der Waals surface area (Å²) in [5.74, 6) is 0. The lowest BCUT2D eigenvalue weighted by Gasteiger charge is -2.26. The fraction of sp³-hybridized carbons (Fsp3) is 0.182. The van der Waals surface area contributed by atoms with Gasteiger partial charge in [0.1, 0.15) is 0 Å². The Morgan fingerprint density at radius 3 is 1.91 bits per heavy atom. The number of rotatable bonds is 2. The molecule has 0 fully saturated rings. The zero-order chi connectivity index (χ0) is 15.8. The highest BCUT2D eigenvalue weighted by Gasteiger charge is 2.23. The maximum absolute atomic E-state index is 2.45. The average Bonchev–Trinajstić information content (AvgIpc) is 2.74. The van der Waals surface area contributed by atoms with Crippen LogP contribution in [-0.4, -0.2) is 6.54 Å². The number of benzene rings is 3. The summed E-state index contributed by atoms with van der Waals surface area (Å²) >= 11 is 0. The fourth-order valence-electron chi connectivity index (χ4n) is 3.61. The van der Waals surface area contributed by atoms with Crippen molar-refractivity contribution in [2.45, 2.75) is 20.3 Å². The minimum absolute atomic E-state index is 0.963. The van der Waals surface area contributed by atoms with E-state index in [9.17, 15) is 0 Å². The van der Waals surface area contributed by atoms with E-state index in [1.807, 2.05) is 0 Å². The minimum Gasteiger partial charge on any atom is -0.341 e. The summed E-state index contributed by atoms with van der Waals surface area (Å²) < 4.78 is 0. The molecular weight excluding hydrogens is 278 g/mol. The Morgan fingerprint density at radius 2 is 1.26 bits per heavy atom. The SMILES string of the molecule is CCc1ccc2c(c1)N(CC)c1ccccc1-c1ccccc1-2. The van der Waals surface area contributed by atoms with Crippen LogP contribution < -0.4 is 4.90 Å². The molecular formula is C22H21N. The van der Waals surface area contributed by atoms with Crippen molar-refractivity contribution in [3.8, 4) is 22.3 Å². The number of fused-ring (bicyclic) bond motifs is 5. The number of nitrogens with zero attached hydrogens (tertiary/aromatic N) is 1. The summed E-state index contributed by atoms with van der Waals surface area (Å²) in [6, 6.07) is 24.4. The second-order valence-corrected chi connectivity index (χ2v) is 6.01. The highest BCUT2D eigenvalue weighted by atomic mass is 15.1. The Bertz CT molecular complexity index is 863. The molecule has 0 saturated carbocycles. The topological polar surface area (TPSA) is 3.24 Å². The van der Waals surface area contributed by atoms with Crippen molar-refractivity contribution >= 4 is 11.4 Å². The van der Waals surface area contributed by atoms with E-state index in [0.717, 1.165) is 13.0 Å². The number of para-hydroxylation sites is 1. The lowest BCUT2D eigenvalue weighted by molar-refractivity contribution is 1.02. The lowest BCUT2D eigenvalue weighted by Crippen LogP contribution is -2.16. The smallest absolute Gasteiger partial charge is 0.0493 e. The zero-order valence-electron chi connectivity index (χ0n) is 13.7. The molecule has 3 aromatic rings. The van der Waals surface area contributed by atoms with Crippen LogP contribution in [0.1, 0.15) is 19.4 Å². The van der Waals surface area contributed by atoms with Gasteiger partial charge in [-0.15, -0.1) is 0 Å². The van der Waals surface area contributed by atoms with E-state index in [1.54, 1.807) is 0 Å². The summed E-state index contributed by atoms with van der Waals surface area (Å²) in [6.45, 7) is 5.41. The Hall–Kier alpha value is -2.54. The van der Waals surface area contributed by atoms with Crippen molar-refractivity contribution in [2.24, 2.45) is 0 Å². The molecule has 1 nitrogen and oxygen atoms in total. The molecule has 0 aromatic heterocycles. The molecule has 0 amide bonds. The first-order valence-corrected chi connectivity index (χ1v) is 8.42. The summed E-state index contributed by atoms with van der Waals surface area (Å²) in [5, 5.41) is 0. The standard InChI is InChI=1S/C22H21N/c1-3-16-13-14-20-18-10-6-5-9-17(18)19-11-7-8-12-21(19)23(4-2)22(20)15-16/h5-15H,3-4H2,1-2H3. The molecule has 1 aliphatic heterocycles. The zero-order valence-corrected chi connectivity index (χ0v) is 13.7. The third kappa shape index (κ3) is 2.16. The third-order valence-electron chi connectivity index (χ3n) is 4.78. The molecule has 4 rings (SSSR count). The van der Waals surface area contributed by atoms with Gasteiger partial charge in [0, 0.05) is 29.0 Å². The molecule has 0 aliphatic carbocycles. The first-order chi connectivity index (χ1) is 11.3. The third-order valence-corrected chi connectivity index (χ3v) is 4.78. The summed E-state index contributed by atoms with van der Waals surface area (Å²) in [6.07, 6.45) is 1.06. The molecule has 0 saturated heterocycles. The molecule has 114 valence electrons. The molecule has 0 radical (unpaired) electrons. The summed E-state index contributed by atoms with van der Waals surface area (Å²) in [5.41, 5.74) is 9.31. The summed E-state index contributed by atoms with van der Waals surface area (Å²) in [4.78, 5) is 2.45. The van der Waals surface area contributed by atoms with Crippen LogP contribution in [0.25, 0.3) is 22.3 Å². The van der Waals surface area contributed by atoms with Crippen LogP contribution in [0.15, 0.2) is 66.7 Å². The molecule has 1 aliphatic rings. The molecule has 1 heteroatoms. The normalized spacial score (nSPS) is 12.2. The van der Waals surface area contributed by atoms with Crippen LogP contribution in [0.4, 0.5) is 11.4 Å². The molecule has 0 unspecified atom stereocenters. The minimum atomic E-state index is 0.963. The average molecular weight is 299 g/mol. The largest absolute Gasteiger partial charge is 0.341 e. The van der Waals surface area contributed by atoms with E-state index in [1.165, 1.54) is 39.2 Å². The van der Waals surface area contributed by atoms with Crippen LogP contribution in [0.5, 0.6) is 0 Å². The van der Waals surface area contributed by atoms with Crippen molar-refractivity contribution in [3.05, 3.63) is 72.3 Å². The van der Waals surface area contributed by atoms with Crippen LogP contribution in [0.2, 0.25) is 0 Å². The van der Waals surface area contributed by atoms with Gasteiger partial charge in [0.15, 0.2) is 0 Å². The van der Waals surface area contributed by atoms with Crippen LogP contribution in [-0.2, 0) is 6.42 Å². The Labute approximate surface area is 138 Å². The van der Waals surface area contributed by atoms with Crippen LogP contribution >= 0.6 is 0 Å². The van der Waals surface area contributed by atoms with Gasteiger partial charge in [-0.2, -0.15) is 0 Å². The van der Waals surface area contributed by atoms with Gasteiger partial charge in [0.05, 0.1) is 0 Å². The Morgan fingerprint density at radius 1 is 0.652 bits per heavy atom. The van der Waals surface area contributed by atoms with E-state index in [0.29, 0.717) is 0 Å².